The number of hydrogen-bond donors (Lipinski definition) is 0. The molecule has 0 nitrogen and oxygen atoms in total. The molecule has 0 spiro atoms. The molecule has 2 aromatic carbocycles. The summed E-state index contributed by atoms with van der Waals surface area (Å²) in [6, 6.07) is 13.4. The van der Waals surface area contributed by atoms with Crippen molar-refractivity contribution in [1.29, 1.82) is 0 Å². The van der Waals surface area contributed by atoms with Crippen LogP contribution in [0.1, 0.15) is 0 Å². The van der Waals surface area contributed by atoms with Gasteiger partial charge >= 0.3 is 0 Å². The number of hydrogen-bond acceptors (Lipinski definition) is 2. The van der Waals surface area contributed by atoms with Gasteiger partial charge in [-0.05, 0) is 65.9 Å². The van der Waals surface area contributed by atoms with Crippen LogP contribution in [0.4, 0.5) is 0 Å². The minimum absolute atomic E-state index is 1.20. The summed E-state index contributed by atoms with van der Waals surface area (Å²) in [4.78, 5) is 0. The molecule has 0 bridgehead atoms. The minimum Gasteiger partial charge on any atom is -0.128 e. The standard InChI is InChI=1S/C16H6Br2S2/c17-11-5-7-1-3-9-13(15(7)19-11)10-4-2-8-6-12(18)20-16(8)14(9)10/h1-6H. The molecule has 0 amide bonds. The molecule has 0 fully saturated rings. The highest BCUT2D eigenvalue weighted by atomic mass is 79.9. The van der Waals surface area contributed by atoms with Crippen molar-refractivity contribution in [2.45, 2.75) is 0 Å². The van der Waals surface area contributed by atoms with Gasteiger partial charge in [0.05, 0.1) is 7.57 Å². The van der Waals surface area contributed by atoms with Gasteiger partial charge in [-0.25, -0.2) is 0 Å². The second-order valence-corrected chi connectivity index (χ2v) is 9.78. The van der Waals surface area contributed by atoms with Crippen LogP contribution >= 0.6 is 54.5 Å². The summed E-state index contributed by atoms with van der Waals surface area (Å²) >= 11 is 10.9. The topological polar surface area (TPSA) is 0 Å². The Balaban J connectivity index is 1.92. The number of benzene rings is 2. The number of thiophene rings is 2. The van der Waals surface area contributed by atoms with Crippen molar-refractivity contribution in [3.63, 3.8) is 0 Å². The first-order valence-corrected chi connectivity index (χ1v) is 9.39. The van der Waals surface area contributed by atoms with Crippen LogP contribution in [0.15, 0.2) is 44.0 Å². The molecule has 2 heterocycles. The molecule has 5 rings (SSSR count). The third-order valence-corrected chi connectivity index (χ3v) is 7.19. The predicted octanol–water partition coefficient (Wildman–Crippen LogP) is 7.29. The molecule has 1 aliphatic rings. The first-order chi connectivity index (χ1) is 9.72. The normalized spacial score (nSPS) is 12.5. The lowest BCUT2D eigenvalue weighted by molar-refractivity contribution is 1.63. The van der Waals surface area contributed by atoms with Crippen LogP contribution in [0.2, 0.25) is 0 Å². The Morgan fingerprint density at radius 3 is 1.55 bits per heavy atom. The van der Waals surface area contributed by atoms with Crippen LogP contribution in [0.25, 0.3) is 42.4 Å². The van der Waals surface area contributed by atoms with E-state index in [9.17, 15) is 0 Å². The van der Waals surface area contributed by atoms with E-state index in [1.165, 1.54) is 50.0 Å². The second-order valence-electron chi connectivity index (χ2n) is 4.91. The average Bonchev–Trinajstić information content (AvgIpc) is 2.92. The van der Waals surface area contributed by atoms with Crippen molar-refractivity contribution < 1.29 is 0 Å². The van der Waals surface area contributed by atoms with Crippen molar-refractivity contribution in [3.8, 4) is 22.3 Å². The largest absolute Gasteiger partial charge is 0.128 e. The van der Waals surface area contributed by atoms with E-state index >= 15 is 0 Å². The van der Waals surface area contributed by atoms with Crippen molar-refractivity contribution in [2.24, 2.45) is 0 Å². The highest BCUT2D eigenvalue weighted by Gasteiger charge is 2.28. The predicted molar refractivity (Wildman–Crippen MR) is 97.0 cm³/mol. The Hall–Kier alpha value is -0.680. The van der Waals surface area contributed by atoms with Gasteiger partial charge in [-0.1, -0.05) is 24.3 Å². The monoisotopic (exact) mass is 420 g/mol. The van der Waals surface area contributed by atoms with Crippen LogP contribution in [0.5, 0.6) is 0 Å². The third-order valence-electron chi connectivity index (χ3n) is 3.85. The third kappa shape index (κ3) is 1.40. The van der Waals surface area contributed by atoms with Crippen LogP contribution in [-0.4, -0.2) is 0 Å². The molecule has 2 aromatic heterocycles. The molecule has 0 radical (unpaired) electrons. The van der Waals surface area contributed by atoms with Gasteiger partial charge in [0.1, 0.15) is 0 Å². The van der Waals surface area contributed by atoms with Gasteiger partial charge < -0.3 is 0 Å². The van der Waals surface area contributed by atoms with E-state index in [1.807, 2.05) is 22.7 Å². The molecule has 96 valence electrons. The minimum atomic E-state index is 1.20. The fraction of sp³-hybridized carbons (Fsp3) is 0. The van der Waals surface area contributed by atoms with E-state index in [2.05, 4.69) is 68.3 Å². The van der Waals surface area contributed by atoms with Gasteiger partial charge in [-0.15, -0.1) is 22.7 Å². The lowest BCUT2D eigenvalue weighted by Crippen LogP contribution is -1.98. The van der Waals surface area contributed by atoms with Crippen LogP contribution in [0.3, 0.4) is 0 Å². The first kappa shape index (κ1) is 11.9. The summed E-state index contributed by atoms with van der Waals surface area (Å²) in [6.07, 6.45) is 0. The summed E-state index contributed by atoms with van der Waals surface area (Å²) in [5.74, 6) is 0. The lowest BCUT2D eigenvalue weighted by atomic mass is 9.79. The average molecular weight is 422 g/mol. The van der Waals surface area contributed by atoms with Crippen molar-refractivity contribution >= 4 is 74.7 Å². The van der Waals surface area contributed by atoms with Gasteiger partial charge in [-0.2, -0.15) is 0 Å². The van der Waals surface area contributed by atoms with Gasteiger partial charge in [0, 0.05) is 20.5 Å². The Kier molecular flexibility index (Phi) is 2.35. The molecule has 20 heavy (non-hydrogen) atoms. The summed E-state index contributed by atoms with van der Waals surface area (Å²) in [7, 11) is 0. The smallest absolute Gasteiger partial charge is 0.0711 e. The Morgan fingerprint density at radius 1 is 0.650 bits per heavy atom. The quantitative estimate of drug-likeness (QED) is 0.246. The summed E-state index contributed by atoms with van der Waals surface area (Å²) in [5.41, 5.74) is 5.67. The highest BCUT2D eigenvalue weighted by Crippen LogP contribution is 2.56. The van der Waals surface area contributed by atoms with Gasteiger partial charge in [0.2, 0.25) is 0 Å². The van der Waals surface area contributed by atoms with Gasteiger partial charge in [0.15, 0.2) is 0 Å². The van der Waals surface area contributed by atoms with Crippen molar-refractivity contribution in [1.82, 2.24) is 0 Å². The zero-order chi connectivity index (χ0) is 13.4. The number of rotatable bonds is 0. The van der Waals surface area contributed by atoms with Crippen LogP contribution in [-0.2, 0) is 0 Å². The molecule has 1 aliphatic carbocycles. The van der Waals surface area contributed by atoms with E-state index in [1.54, 1.807) is 0 Å². The molecule has 0 unspecified atom stereocenters. The summed E-state index contributed by atoms with van der Waals surface area (Å²) in [5, 5.41) is 2.66. The number of halogens is 2. The molecule has 0 saturated heterocycles. The van der Waals surface area contributed by atoms with E-state index in [0.717, 1.165) is 0 Å². The maximum absolute atomic E-state index is 3.60. The second kappa shape index (κ2) is 3.95. The van der Waals surface area contributed by atoms with Crippen LogP contribution < -0.4 is 0 Å². The molecule has 4 aromatic rings. The summed E-state index contributed by atoms with van der Waals surface area (Å²) < 4.78 is 5.21. The first-order valence-electron chi connectivity index (χ1n) is 6.17. The lowest BCUT2D eigenvalue weighted by Gasteiger charge is -2.25. The molecule has 0 saturated carbocycles. The van der Waals surface area contributed by atoms with Crippen LogP contribution in [0, 0.1) is 0 Å². The van der Waals surface area contributed by atoms with Gasteiger partial charge in [-0.3, -0.25) is 0 Å². The Morgan fingerprint density at radius 2 is 1.10 bits per heavy atom. The van der Waals surface area contributed by atoms with E-state index in [4.69, 9.17) is 0 Å². The van der Waals surface area contributed by atoms with Crippen molar-refractivity contribution in [2.75, 3.05) is 0 Å². The van der Waals surface area contributed by atoms with E-state index < -0.39 is 0 Å². The fourth-order valence-electron chi connectivity index (χ4n) is 3.03. The maximum Gasteiger partial charge on any atom is 0.0711 e. The molecule has 4 heteroatoms. The summed E-state index contributed by atoms with van der Waals surface area (Å²) in [6.45, 7) is 0. The highest BCUT2D eigenvalue weighted by molar-refractivity contribution is 9.11. The van der Waals surface area contributed by atoms with Crippen molar-refractivity contribution in [3.05, 3.63) is 44.0 Å². The molecular formula is C16H6Br2S2. The Labute approximate surface area is 140 Å². The van der Waals surface area contributed by atoms with Gasteiger partial charge in [0.25, 0.3) is 0 Å². The zero-order valence-electron chi connectivity index (χ0n) is 10.0. The van der Waals surface area contributed by atoms with E-state index in [0.29, 0.717) is 0 Å². The molecular weight excluding hydrogens is 416 g/mol. The number of fused-ring (bicyclic) bond motifs is 8. The van der Waals surface area contributed by atoms with E-state index in [-0.39, 0.29) is 0 Å². The molecule has 0 aliphatic heterocycles. The Bertz CT molecular complexity index is 925. The maximum atomic E-state index is 3.60. The fourth-order valence-corrected chi connectivity index (χ4v) is 6.39. The zero-order valence-corrected chi connectivity index (χ0v) is 14.8. The molecule has 0 atom stereocenters. The molecule has 0 N–H and O–H groups in total. The SMILES string of the molecule is Brc1cc2ccc3c(c2s1)-c1ccc2cc(Br)sc2c1-3.